The van der Waals surface area contributed by atoms with Crippen LogP contribution in [0.4, 0.5) is 10.5 Å². The molecule has 1 aromatic carbocycles. The number of piperidine rings is 1. The smallest absolute Gasteiger partial charge is 0.321 e. The van der Waals surface area contributed by atoms with Crippen molar-refractivity contribution in [2.75, 3.05) is 38.6 Å². The van der Waals surface area contributed by atoms with Crippen molar-refractivity contribution in [2.24, 2.45) is 5.41 Å². The van der Waals surface area contributed by atoms with Gasteiger partial charge in [0.1, 0.15) is 17.1 Å². The van der Waals surface area contributed by atoms with E-state index in [1.807, 2.05) is 34.1 Å². The van der Waals surface area contributed by atoms with E-state index in [1.165, 1.54) is 0 Å². The van der Waals surface area contributed by atoms with Gasteiger partial charge in [-0.05, 0) is 57.4 Å². The standard InChI is InChI=1S/C22H28N4O4/c1-15-19(16(2)30-24-15)20(27)25-11-4-9-22(13-25)10-12-26(14-22)21(28)23-17-5-7-18(29-3)8-6-17/h5-8H,4,9-14H2,1-3H3,(H,23,28)/t22-/m1/s1. The van der Waals surface area contributed by atoms with Crippen LogP contribution < -0.4 is 10.1 Å². The van der Waals surface area contributed by atoms with E-state index >= 15 is 0 Å². The Morgan fingerprint density at radius 3 is 2.50 bits per heavy atom. The first kappa shape index (κ1) is 20.3. The second-order valence-corrected chi connectivity index (χ2v) is 8.36. The highest BCUT2D eigenvalue weighted by molar-refractivity contribution is 5.96. The average molecular weight is 412 g/mol. The van der Waals surface area contributed by atoms with E-state index in [1.54, 1.807) is 21.0 Å². The fraction of sp³-hybridized carbons (Fsp3) is 0.500. The summed E-state index contributed by atoms with van der Waals surface area (Å²) < 4.78 is 10.3. The van der Waals surface area contributed by atoms with Gasteiger partial charge >= 0.3 is 6.03 Å². The molecule has 2 aliphatic heterocycles. The summed E-state index contributed by atoms with van der Waals surface area (Å²) >= 11 is 0. The first-order valence-corrected chi connectivity index (χ1v) is 10.3. The number of likely N-dealkylation sites (tertiary alicyclic amines) is 2. The van der Waals surface area contributed by atoms with Crippen LogP contribution in [-0.4, -0.2) is 60.2 Å². The Morgan fingerprint density at radius 2 is 1.83 bits per heavy atom. The quantitative estimate of drug-likeness (QED) is 0.834. The topological polar surface area (TPSA) is 87.9 Å². The Bertz CT molecular complexity index is 920. The maximum absolute atomic E-state index is 13.1. The molecular weight excluding hydrogens is 384 g/mol. The van der Waals surface area contributed by atoms with Crippen LogP contribution in [-0.2, 0) is 0 Å². The second-order valence-electron chi connectivity index (χ2n) is 8.36. The van der Waals surface area contributed by atoms with Gasteiger partial charge in [0.25, 0.3) is 5.91 Å². The first-order valence-electron chi connectivity index (χ1n) is 10.3. The predicted octanol–water partition coefficient (Wildman–Crippen LogP) is 3.46. The van der Waals surface area contributed by atoms with Crippen LogP contribution in [0.3, 0.4) is 0 Å². The number of aryl methyl sites for hydroxylation is 2. The number of hydrogen-bond donors (Lipinski definition) is 1. The molecule has 0 saturated carbocycles. The summed E-state index contributed by atoms with van der Waals surface area (Å²) in [7, 11) is 1.61. The second kappa shape index (κ2) is 8.01. The maximum Gasteiger partial charge on any atom is 0.321 e. The number of aromatic nitrogens is 1. The van der Waals surface area contributed by atoms with Crippen molar-refractivity contribution in [1.82, 2.24) is 15.0 Å². The number of benzene rings is 1. The van der Waals surface area contributed by atoms with Crippen LogP contribution in [0.15, 0.2) is 28.8 Å². The van der Waals surface area contributed by atoms with Crippen molar-refractivity contribution in [3.05, 3.63) is 41.3 Å². The molecule has 160 valence electrons. The molecule has 1 aromatic heterocycles. The van der Waals surface area contributed by atoms with E-state index in [9.17, 15) is 9.59 Å². The molecular formula is C22H28N4O4. The van der Waals surface area contributed by atoms with Crippen LogP contribution in [0.1, 0.15) is 41.1 Å². The van der Waals surface area contributed by atoms with Gasteiger partial charge < -0.3 is 24.4 Å². The number of carbonyl (C=O) groups is 2. The summed E-state index contributed by atoms with van der Waals surface area (Å²) in [6.45, 7) is 6.29. The van der Waals surface area contributed by atoms with Crippen molar-refractivity contribution in [3.63, 3.8) is 0 Å². The van der Waals surface area contributed by atoms with Gasteiger partial charge in [-0.1, -0.05) is 5.16 Å². The van der Waals surface area contributed by atoms with Crippen LogP contribution in [0.5, 0.6) is 5.75 Å². The highest BCUT2D eigenvalue weighted by atomic mass is 16.5. The number of ether oxygens (including phenoxy) is 1. The van der Waals surface area contributed by atoms with Crippen LogP contribution >= 0.6 is 0 Å². The molecule has 0 aliphatic carbocycles. The lowest BCUT2D eigenvalue weighted by atomic mass is 9.79. The third-order valence-corrected chi connectivity index (χ3v) is 6.26. The van der Waals surface area contributed by atoms with E-state index < -0.39 is 0 Å². The first-order chi connectivity index (χ1) is 14.4. The highest BCUT2D eigenvalue weighted by Gasteiger charge is 2.44. The average Bonchev–Trinajstić information content (AvgIpc) is 3.31. The molecule has 30 heavy (non-hydrogen) atoms. The molecule has 8 heteroatoms. The van der Waals surface area contributed by atoms with Crippen LogP contribution in [0.25, 0.3) is 0 Å². The maximum atomic E-state index is 13.1. The Balaban J connectivity index is 1.40. The molecule has 4 rings (SSSR count). The fourth-order valence-corrected chi connectivity index (χ4v) is 4.65. The van der Waals surface area contributed by atoms with Gasteiger partial charge in [0.2, 0.25) is 0 Å². The van der Waals surface area contributed by atoms with E-state index in [2.05, 4.69) is 10.5 Å². The zero-order valence-electron chi connectivity index (χ0n) is 17.7. The van der Waals surface area contributed by atoms with E-state index in [4.69, 9.17) is 9.26 Å². The zero-order valence-corrected chi connectivity index (χ0v) is 17.7. The van der Waals surface area contributed by atoms with E-state index in [0.717, 1.165) is 37.2 Å². The number of hydrogen-bond acceptors (Lipinski definition) is 5. The molecule has 2 fully saturated rings. The molecule has 1 atom stereocenters. The highest BCUT2D eigenvalue weighted by Crippen LogP contribution is 2.39. The number of nitrogens with zero attached hydrogens (tertiary/aromatic N) is 3. The normalized spacial score (nSPS) is 21.2. The Hall–Kier alpha value is -3.03. The van der Waals surface area contributed by atoms with Gasteiger partial charge in [-0.2, -0.15) is 0 Å². The molecule has 1 N–H and O–H groups in total. The number of carbonyl (C=O) groups excluding carboxylic acids is 2. The fourth-order valence-electron chi connectivity index (χ4n) is 4.65. The van der Waals surface area contributed by atoms with E-state index in [0.29, 0.717) is 36.7 Å². The Morgan fingerprint density at radius 1 is 1.10 bits per heavy atom. The molecule has 2 aliphatic rings. The third-order valence-electron chi connectivity index (χ3n) is 6.26. The number of amides is 3. The molecule has 3 amide bonds. The van der Waals surface area contributed by atoms with Gasteiger partial charge in [-0.15, -0.1) is 0 Å². The van der Waals surface area contributed by atoms with Crippen molar-refractivity contribution in [3.8, 4) is 5.75 Å². The summed E-state index contributed by atoms with van der Waals surface area (Å²) in [5.74, 6) is 1.29. The Labute approximate surface area is 176 Å². The van der Waals surface area contributed by atoms with Crippen molar-refractivity contribution in [1.29, 1.82) is 0 Å². The molecule has 2 saturated heterocycles. The van der Waals surface area contributed by atoms with Crippen LogP contribution in [0, 0.1) is 19.3 Å². The number of methoxy groups -OCH3 is 1. The largest absolute Gasteiger partial charge is 0.497 e. The minimum atomic E-state index is -0.105. The lowest BCUT2D eigenvalue weighted by molar-refractivity contribution is 0.0536. The molecule has 0 radical (unpaired) electrons. The summed E-state index contributed by atoms with van der Waals surface area (Å²) in [5, 5.41) is 6.87. The lowest BCUT2D eigenvalue weighted by Crippen LogP contribution is -2.48. The van der Waals surface area contributed by atoms with Crippen molar-refractivity contribution in [2.45, 2.75) is 33.1 Å². The minimum Gasteiger partial charge on any atom is -0.497 e. The SMILES string of the molecule is COc1ccc(NC(=O)N2CC[C@@]3(CCCN(C(=O)c4c(C)noc4C)C3)C2)cc1. The lowest BCUT2D eigenvalue weighted by Gasteiger charge is -2.40. The summed E-state index contributed by atoms with van der Waals surface area (Å²) in [6, 6.07) is 7.19. The molecule has 0 bridgehead atoms. The summed E-state index contributed by atoms with van der Waals surface area (Å²) in [4.78, 5) is 29.6. The Kier molecular flexibility index (Phi) is 5.40. The zero-order chi connectivity index (χ0) is 21.3. The third kappa shape index (κ3) is 3.86. The number of anilines is 1. The predicted molar refractivity (Wildman–Crippen MR) is 112 cm³/mol. The molecule has 2 aromatic rings. The van der Waals surface area contributed by atoms with Crippen LogP contribution in [0.2, 0.25) is 0 Å². The minimum absolute atomic E-state index is 0.0218. The van der Waals surface area contributed by atoms with Gasteiger partial charge in [-0.3, -0.25) is 4.79 Å². The van der Waals surface area contributed by atoms with Crippen molar-refractivity contribution < 1.29 is 18.8 Å². The molecule has 3 heterocycles. The van der Waals surface area contributed by atoms with Gasteiger partial charge in [-0.25, -0.2) is 4.79 Å². The van der Waals surface area contributed by atoms with Gasteiger partial charge in [0.15, 0.2) is 0 Å². The van der Waals surface area contributed by atoms with E-state index in [-0.39, 0.29) is 17.4 Å². The summed E-state index contributed by atoms with van der Waals surface area (Å²) in [6.07, 6.45) is 2.85. The number of rotatable bonds is 3. The monoisotopic (exact) mass is 412 g/mol. The molecule has 0 unspecified atom stereocenters. The van der Waals surface area contributed by atoms with Crippen molar-refractivity contribution >= 4 is 17.6 Å². The summed E-state index contributed by atoms with van der Waals surface area (Å²) in [5.41, 5.74) is 1.88. The van der Waals surface area contributed by atoms with Gasteiger partial charge in [0, 0.05) is 37.3 Å². The van der Waals surface area contributed by atoms with Gasteiger partial charge in [0.05, 0.1) is 12.8 Å². The molecule has 8 nitrogen and oxygen atoms in total. The number of nitrogens with one attached hydrogen (secondary N) is 1. The number of urea groups is 1. The molecule has 1 spiro atoms.